The Morgan fingerprint density at radius 3 is 2.52 bits per heavy atom. The maximum atomic E-state index is 12.3. The first-order valence-electron chi connectivity index (χ1n) is 7.72. The van der Waals surface area contributed by atoms with Gasteiger partial charge >= 0.3 is 6.03 Å². The zero-order valence-electron chi connectivity index (χ0n) is 14.2. The molecule has 0 aliphatic rings. The number of nitrogens with zero attached hydrogens (tertiary/aromatic N) is 3. The van der Waals surface area contributed by atoms with Crippen LogP contribution >= 0.6 is 0 Å². The summed E-state index contributed by atoms with van der Waals surface area (Å²) in [6, 6.07) is 9.35. The van der Waals surface area contributed by atoms with Gasteiger partial charge in [0, 0.05) is 39.9 Å². The number of amides is 2. The van der Waals surface area contributed by atoms with E-state index in [-0.39, 0.29) is 6.03 Å². The standard InChI is InChI=1S/C17H26N4O2/c1-20(2)10-11-21(17(22)19-9-4-12-23-3)14-16-7-5-15(13-18)6-8-16/h5-8H,4,9-12,14H2,1-3H3,(H,19,22). The maximum absolute atomic E-state index is 12.3. The van der Waals surface area contributed by atoms with Gasteiger partial charge in [-0.25, -0.2) is 4.79 Å². The van der Waals surface area contributed by atoms with E-state index in [1.165, 1.54) is 0 Å². The Bertz CT molecular complexity index is 508. The van der Waals surface area contributed by atoms with Gasteiger partial charge in [-0.15, -0.1) is 0 Å². The van der Waals surface area contributed by atoms with E-state index in [9.17, 15) is 4.79 Å². The largest absolute Gasteiger partial charge is 0.385 e. The lowest BCUT2D eigenvalue weighted by Crippen LogP contribution is -2.43. The molecule has 0 radical (unpaired) electrons. The van der Waals surface area contributed by atoms with Crippen molar-refractivity contribution in [1.29, 1.82) is 5.26 Å². The van der Waals surface area contributed by atoms with Crippen LogP contribution in [0.2, 0.25) is 0 Å². The molecule has 1 aromatic carbocycles. The molecule has 1 rings (SSSR count). The van der Waals surface area contributed by atoms with Crippen molar-refractivity contribution in [2.75, 3.05) is 47.4 Å². The highest BCUT2D eigenvalue weighted by molar-refractivity contribution is 5.74. The van der Waals surface area contributed by atoms with E-state index in [0.717, 1.165) is 18.5 Å². The molecule has 0 bridgehead atoms. The van der Waals surface area contributed by atoms with Gasteiger partial charge in [-0.3, -0.25) is 0 Å². The van der Waals surface area contributed by atoms with Crippen molar-refractivity contribution in [3.8, 4) is 6.07 Å². The highest BCUT2D eigenvalue weighted by atomic mass is 16.5. The van der Waals surface area contributed by atoms with Gasteiger partial charge in [0.2, 0.25) is 0 Å². The molecular formula is C17H26N4O2. The molecule has 0 saturated heterocycles. The number of ether oxygens (including phenoxy) is 1. The average Bonchev–Trinajstić information content (AvgIpc) is 2.55. The fourth-order valence-corrected chi connectivity index (χ4v) is 2.00. The summed E-state index contributed by atoms with van der Waals surface area (Å²) in [6.45, 7) is 3.19. The Morgan fingerprint density at radius 1 is 1.26 bits per heavy atom. The molecule has 0 atom stereocenters. The Kier molecular flexibility index (Phi) is 8.73. The van der Waals surface area contributed by atoms with Crippen LogP contribution in [-0.4, -0.2) is 63.3 Å². The van der Waals surface area contributed by atoms with Crippen LogP contribution in [0.4, 0.5) is 4.79 Å². The van der Waals surface area contributed by atoms with Gasteiger partial charge in [-0.2, -0.15) is 5.26 Å². The minimum absolute atomic E-state index is 0.0766. The first kappa shape index (κ1) is 18.9. The van der Waals surface area contributed by atoms with Crippen LogP contribution in [-0.2, 0) is 11.3 Å². The number of likely N-dealkylation sites (N-methyl/N-ethyl adjacent to an activating group) is 1. The van der Waals surface area contributed by atoms with Crippen LogP contribution in [0.1, 0.15) is 17.5 Å². The second kappa shape index (κ2) is 10.6. The molecule has 126 valence electrons. The number of carbonyl (C=O) groups is 1. The van der Waals surface area contributed by atoms with Crippen LogP contribution in [0.5, 0.6) is 0 Å². The van der Waals surface area contributed by atoms with E-state index < -0.39 is 0 Å². The molecule has 0 aromatic heterocycles. The zero-order chi connectivity index (χ0) is 17.1. The highest BCUT2D eigenvalue weighted by Gasteiger charge is 2.13. The molecule has 6 nitrogen and oxygen atoms in total. The third-order valence-electron chi connectivity index (χ3n) is 3.36. The number of hydrogen-bond donors (Lipinski definition) is 1. The lowest BCUT2D eigenvalue weighted by atomic mass is 10.1. The second-order valence-corrected chi connectivity index (χ2v) is 5.61. The van der Waals surface area contributed by atoms with E-state index >= 15 is 0 Å². The fraction of sp³-hybridized carbons (Fsp3) is 0.529. The summed E-state index contributed by atoms with van der Waals surface area (Å²) in [6.07, 6.45) is 0.792. The van der Waals surface area contributed by atoms with Crippen molar-refractivity contribution < 1.29 is 9.53 Å². The summed E-state index contributed by atoms with van der Waals surface area (Å²) < 4.78 is 4.98. The lowest BCUT2D eigenvalue weighted by Gasteiger charge is -2.25. The van der Waals surface area contributed by atoms with Gasteiger partial charge in [0.05, 0.1) is 11.6 Å². The summed E-state index contributed by atoms with van der Waals surface area (Å²) in [5.74, 6) is 0. The van der Waals surface area contributed by atoms with Crippen molar-refractivity contribution in [3.05, 3.63) is 35.4 Å². The number of hydrogen-bond acceptors (Lipinski definition) is 4. The van der Waals surface area contributed by atoms with Gasteiger partial charge in [0.1, 0.15) is 0 Å². The minimum Gasteiger partial charge on any atom is -0.385 e. The van der Waals surface area contributed by atoms with Gasteiger partial charge < -0.3 is 19.9 Å². The smallest absolute Gasteiger partial charge is 0.317 e. The van der Waals surface area contributed by atoms with Crippen molar-refractivity contribution in [2.24, 2.45) is 0 Å². The summed E-state index contributed by atoms with van der Waals surface area (Å²) in [4.78, 5) is 16.2. The molecule has 6 heteroatoms. The van der Waals surface area contributed by atoms with Gasteiger partial charge in [0.15, 0.2) is 0 Å². The third kappa shape index (κ3) is 7.63. The zero-order valence-corrected chi connectivity index (χ0v) is 14.2. The van der Waals surface area contributed by atoms with E-state index in [4.69, 9.17) is 10.00 Å². The number of carbonyl (C=O) groups excluding carboxylic acids is 1. The maximum Gasteiger partial charge on any atom is 0.317 e. The van der Waals surface area contributed by atoms with E-state index in [1.807, 2.05) is 31.1 Å². The van der Waals surface area contributed by atoms with Crippen LogP contribution in [0.15, 0.2) is 24.3 Å². The highest BCUT2D eigenvalue weighted by Crippen LogP contribution is 2.07. The number of benzene rings is 1. The summed E-state index contributed by atoms with van der Waals surface area (Å²) in [5.41, 5.74) is 1.63. The third-order valence-corrected chi connectivity index (χ3v) is 3.36. The summed E-state index contributed by atoms with van der Waals surface area (Å²) in [7, 11) is 5.61. The van der Waals surface area contributed by atoms with Gasteiger partial charge in [0.25, 0.3) is 0 Å². The number of urea groups is 1. The molecule has 0 heterocycles. The number of nitrogens with one attached hydrogen (secondary N) is 1. The van der Waals surface area contributed by atoms with Crippen LogP contribution in [0, 0.1) is 11.3 Å². The summed E-state index contributed by atoms with van der Waals surface area (Å²) >= 11 is 0. The van der Waals surface area contributed by atoms with Gasteiger partial charge in [-0.1, -0.05) is 12.1 Å². The number of rotatable bonds is 9. The summed E-state index contributed by atoms with van der Waals surface area (Å²) in [5, 5.41) is 11.8. The molecule has 1 aromatic rings. The normalized spacial score (nSPS) is 10.4. The molecule has 2 amide bonds. The Labute approximate surface area is 138 Å². The van der Waals surface area contributed by atoms with Crippen LogP contribution < -0.4 is 5.32 Å². The predicted octanol–water partition coefficient (Wildman–Crippen LogP) is 1.67. The van der Waals surface area contributed by atoms with E-state index in [1.54, 1.807) is 24.1 Å². The first-order chi connectivity index (χ1) is 11.1. The molecule has 0 saturated carbocycles. The molecule has 0 unspecified atom stereocenters. The molecule has 23 heavy (non-hydrogen) atoms. The van der Waals surface area contributed by atoms with Crippen molar-refractivity contribution in [3.63, 3.8) is 0 Å². The van der Waals surface area contributed by atoms with Crippen molar-refractivity contribution in [1.82, 2.24) is 15.1 Å². The van der Waals surface area contributed by atoms with Crippen molar-refractivity contribution >= 4 is 6.03 Å². The van der Waals surface area contributed by atoms with Gasteiger partial charge in [-0.05, 0) is 38.2 Å². The quantitative estimate of drug-likeness (QED) is 0.703. The predicted molar refractivity (Wildman–Crippen MR) is 90.0 cm³/mol. The minimum atomic E-state index is -0.0766. The second-order valence-electron chi connectivity index (χ2n) is 5.61. The molecule has 0 fully saturated rings. The SMILES string of the molecule is COCCCNC(=O)N(CCN(C)C)Cc1ccc(C#N)cc1. The number of nitriles is 1. The monoisotopic (exact) mass is 318 g/mol. The molecule has 0 aliphatic carbocycles. The van der Waals surface area contributed by atoms with Crippen molar-refractivity contribution in [2.45, 2.75) is 13.0 Å². The molecule has 1 N–H and O–H groups in total. The lowest BCUT2D eigenvalue weighted by molar-refractivity contribution is 0.180. The Hall–Kier alpha value is -2.10. The number of methoxy groups -OCH3 is 1. The molecule has 0 aliphatic heterocycles. The van der Waals surface area contributed by atoms with E-state index in [2.05, 4.69) is 11.4 Å². The topological polar surface area (TPSA) is 68.6 Å². The first-order valence-corrected chi connectivity index (χ1v) is 7.72. The molecular weight excluding hydrogens is 292 g/mol. The van der Waals surface area contributed by atoms with Crippen LogP contribution in [0.25, 0.3) is 0 Å². The average molecular weight is 318 g/mol. The van der Waals surface area contributed by atoms with E-state index in [0.29, 0.717) is 31.8 Å². The van der Waals surface area contributed by atoms with Crippen LogP contribution in [0.3, 0.4) is 0 Å². The fourth-order valence-electron chi connectivity index (χ4n) is 2.00. The molecule has 0 spiro atoms. The Balaban J connectivity index is 2.62. The Morgan fingerprint density at radius 2 is 1.96 bits per heavy atom.